The third kappa shape index (κ3) is 3.23. The largest absolute Gasteiger partial charge is 0.341 e. The van der Waals surface area contributed by atoms with Gasteiger partial charge in [0, 0.05) is 44.4 Å². The Hall–Kier alpha value is -1.91. The number of rotatable bonds is 5. The van der Waals surface area contributed by atoms with E-state index in [-0.39, 0.29) is 0 Å². The van der Waals surface area contributed by atoms with E-state index in [4.69, 9.17) is 0 Å². The van der Waals surface area contributed by atoms with Gasteiger partial charge in [-0.15, -0.1) is 0 Å². The summed E-state index contributed by atoms with van der Waals surface area (Å²) in [5.41, 5.74) is 0.992. The maximum atomic E-state index is 4.51. The molecule has 3 heterocycles. The highest BCUT2D eigenvalue weighted by atomic mass is 15.3. The van der Waals surface area contributed by atoms with Crippen molar-refractivity contribution < 1.29 is 0 Å². The zero-order valence-corrected chi connectivity index (χ0v) is 12.9. The number of aromatic nitrogens is 4. The SMILES string of the molecule is CC(C)CCn1ccnc1-c1cnc(N2CCCC2)nc1. The molecule has 112 valence electrons. The number of anilines is 1. The van der Waals surface area contributed by atoms with Crippen LogP contribution >= 0.6 is 0 Å². The molecule has 1 fully saturated rings. The minimum absolute atomic E-state index is 0.689. The Morgan fingerprint density at radius 3 is 2.48 bits per heavy atom. The summed E-state index contributed by atoms with van der Waals surface area (Å²) in [6.07, 6.45) is 11.3. The fourth-order valence-electron chi connectivity index (χ4n) is 2.66. The zero-order valence-electron chi connectivity index (χ0n) is 12.9. The Bertz CT molecular complexity index is 567. The first-order chi connectivity index (χ1) is 10.2. The molecule has 0 unspecified atom stereocenters. The number of aryl methyl sites for hydroxylation is 1. The van der Waals surface area contributed by atoms with Gasteiger partial charge in [0.25, 0.3) is 0 Å². The highest BCUT2D eigenvalue weighted by Crippen LogP contribution is 2.20. The van der Waals surface area contributed by atoms with Crippen LogP contribution in [0.3, 0.4) is 0 Å². The monoisotopic (exact) mass is 285 g/mol. The van der Waals surface area contributed by atoms with Crippen molar-refractivity contribution >= 4 is 5.95 Å². The van der Waals surface area contributed by atoms with Gasteiger partial charge in [-0.25, -0.2) is 15.0 Å². The van der Waals surface area contributed by atoms with Crippen molar-refractivity contribution in [2.24, 2.45) is 5.92 Å². The van der Waals surface area contributed by atoms with Gasteiger partial charge in [0.15, 0.2) is 0 Å². The maximum Gasteiger partial charge on any atom is 0.225 e. The van der Waals surface area contributed by atoms with E-state index < -0.39 is 0 Å². The lowest BCUT2D eigenvalue weighted by Crippen LogP contribution is -2.20. The van der Waals surface area contributed by atoms with Crippen LogP contribution in [0.1, 0.15) is 33.1 Å². The molecule has 5 nitrogen and oxygen atoms in total. The number of imidazole rings is 1. The van der Waals surface area contributed by atoms with Crippen LogP contribution in [0.5, 0.6) is 0 Å². The van der Waals surface area contributed by atoms with Gasteiger partial charge >= 0.3 is 0 Å². The summed E-state index contributed by atoms with van der Waals surface area (Å²) in [6.45, 7) is 7.61. The summed E-state index contributed by atoms with van der Waals surface area (Å²) < 4.78 is 2.19. The lowest BCUT2D eigenvalue weighted by molar-refractivity contribution is 0.518. The molecule has 0 bridgehead atoms. The molecule has 0 atom stereocenters. The van der Waals surface area contributed by atoms with Crippen molar-refractivity contribution in [3.63, 3.8) is 0 Å². The highest BCUT2D eigenvalue weighted by molar-refractivity contribution is 5.54. The Kier molecular flexibility index (Phi) is 4.18. The van der Waals surface area contributed by atoms with Crippen molar-refractivity contribution in [1.29, 1.82) is 0 Å². The molecule has 3 rings (SSSR count). The topological polar surface area (TPSA) is 46.8 Å². The summed E-state index contributed by atoms with van der Waals surface area (Å²) >= 11 is 0. The molecule has 0 saturated carbocycles. The molecule has 1 aliphatic heterocycles. The molecular weight excluding hydrogens is 262 g/mol. The van der Waals surface area contributed by atoms with E-state index >= 15 is 0 Å². The zero-order chi connectivity index (χ0) is 14.7. The number of hydrogen-bond acceptors (Lipinski definition) is 4. The third-order valence-corrected chi connectivity index (χ3v) is 3.95. The first-order valence-corrected chi connectivity index (χ1v) is 7.82. The smallest absolute Gasteiger partial charge is 0.225 e. The van der Waals surface area contributed by atoms with E-state index in [0.717, 1.165) is 43.4 Å². The fourth-order valence-corrected chi connectivity index (χ4v) is 2.66. The van der Waals surface area contributed by atoms with Gasteiger partial charge < -0.3 is 9.47 Å². The summed E-state index contributed by atoms with van der Waals surface area (Å²) in [6, 6.07) is 0. The van der Waals surface area contributed by atoms with Crippen LogP contribution in [0.15, 0.2) is 24.8 Å². The van der Waals surface area contributed by atoms with Crippen molar-refractivity contribution in [1.82, 2.24) is 19.5 Å². The maximum absolute atomic E-state index is 4.51. The molecule has 2 aromatic rings. The van der Waals surface area contributed by atoms with Crippen LogP contribution in [-0.4, -0.2) is 32.6 Å². The van der Waals surface area contributed by atoms with E-state index in [1.54, 1.807) is 0 Å². The molecular formula is C16H23N5. The Morgan fingerprint density at radius 1 is 1.10 bits per heavy atom. The van der Waals surface area contributed by atoms with E-state index in [9.17, 15) is 0 Å². The average Bonchev–Trinajstić information content (AvgIpc) is 3.17. The van der Waals surface area contributed by atoms with E-state index in [2.05, 4.69) is 38.3 Å². The average molecular weight is 285 g/mol. The van der Waals surface area contributed by atoms with Gasteiger partial charge in [-0.1, -0.05) is 13.8 Å². The van der Waals surface area contributed by atoms with Crippen LogP contribution in [0.4, 0.5) is 5.95 Å². The second kappa shape index (κ2) is 6.24. The highest BCUT2D eigenvalue weighted by Gasteiger charge is 2.15. The Morgan fingerprint density at radius 2 is 1.81 bits per heavy atom. The van der Waals surface area contributed by atoms with Crippen LogP contribution < -0.4 is 4.90 Å². The predicted molar refractivity (Wildman–Crippen MR) is 84.2 cm³/mol. The molecule has 0 spiro atoms. The summed E-state index contributed by atoms with van der Waals surface area (Å²) in [5, 5.41) is 0. The molecule has 21 heavy (non-hydrogen) atoms. The van der Waals surface area contributed by atoms with Gasteiger partial charge in [-0.2, -0.15) is 0 Å². The van der Waals surface area contributed by atoms with E-state index in [1.807, 2.05) is 24.8 Å². The minimum atomic E-state index is 0.689. The predicted octanol–water partition coefficient (Wildman–Crippen LogP) is 2.99. The van der Waals surface area contributed by atoms with Gasteiger partial charge in [0.2, 0.25) is 5.95 Å². The fraction of sp³-hybridized carbons (Fsp3) is 0.562. The third-order valence-electron chi connectivity index (χ3n) is 3.95. The van der Waals surface area contributed by atoms with Crippen LogP contribution in [-0.2, 0) is 6.54 Å². The Balaban J connectivity index is 1.76. The second-order valence-electron chi connectivity index (χ2n) is 6.09. The molecule has 0 N–H and O–H groups in total. The minimum Gasteiger partial charge on any atom is -0.341 e. The van der Waals surface area contributed by atoms with Crippen LogP contribution in [0.2, 0.25) is 0 Å². The summed E-state index contributed by atoms with van der Waals surface area (Å²) in [7, 11) is 0. The first-order valence-electron chi connectivity index (χ1n) is 7.82. The van der Waals surface area contributed by atoms with Crippen molar-refractivity contribution in [2.75, 3.05) is 18.0 Å². The Labute approximate surface area is 126 Å². The molecule has 0 amide bonds. The molecule has 1 saturated heterocycles. The van der Waals surface area contributed by atoms with Crippen molar-refractivity contribution in [3.8, 4) is 11.4 Å². The van der Waals surface area contributed by atoms with Crippen LogP contribution in [0.25, 0.3) is 11.4 Å². The lowest BCUT2D eigenvalue weighted by atomic mass is 10.1. The van der Waals surface area contributed by atoms with E-state index in [0.29, 0.717) is 5.92 Å². The van der Waals surface area contributed by atoms with E-state index in [1.165, 1.54) is 12.8 Å². The summed E-state index contributed by atoms with van der Waals surface area (Å²) in [4.78, 5) is 15.7. The van der Waals surface area contributed by atoms with Gasteiger partial charge in [0.1, 0.15) is 5.82 Å². The number of hydrogen-bond donors (Lipinski definition) is 0. The van der Waals surface area contributed by atoms with Gasteiger partial charge in [-0.3, -0.25) is 0 Å². The molecule has 0 aliphatic carbocycles. The van der Waals surface area contributed by atoms with Crippen molar-refractivity contribution in [2.45, 2.75) is 39.7 Å². The number of nitrogens with zero attached hydrogens (tertiary/aromatic N) is 5. The molecule has 2 aromatic heterocycles. The van der Waals surface area contributed by atoms with Gasteiger partial charge in [-0.05, 0) is 25.2 Å². The normalized spacial score (nSPS) is 15.1. The summed E-state index contributed by atoms with van der Waals surface area (Å²) in [5.74, 6) is 2.49. The standard InChI is InChI=1S/C16H23N5/c1-13(2)5-9-20-10-6-17-15(20)14-11-18-16(19-12-14)21-7-3-4-8-21/h6,10-13H,3-5,7-9H2,1-2H3. The molecule has 1 aliphatic rings. The second-order valence-corrected chi connectivity index (χ2v) is 6.09. The van der Waals surface area contributed by atoms with Crippen LogP contribution in [0, 0.1) is 5.92 Å². The molecule has 0 aromatic carbocycles. The lowest BCUT2D eigenvalue weighted by Gasteiger charge is -2.15. The molecule has 0 radical (unpaired) electrons. The first kappa shape index (κ1) is 14.0. The van der Waals surface area contributed by atoms with Crippen molar-refractivity contribution in [3.05, 3.63) is 24.8 Å². The van der Waals surface area contributed by atoms with Gasteiger partial charge in [0.05, 0.1) is 5.56 Å². The molecule has 5 heteroatoms. The quantitative estimate of drug-likeness (QED) is 0.847.